The molecule has 0 saturated heterocycles. The van der Waals surface area contributed by atoms with Gasteiger partial charge in [0.1, 0.15) is 5.52 Å². The van der Waals surface area contributed by atoms with Gasteiger partial charge in [-0.05, 0) is 55.7 Å². The Kier molecular flexibility index (Phi) is 4.93. The minimum absolute atomic E-state index is 0.0325. The molecule has 3 aromatic rings. The van der Waals surface area contributed by atoms with E-state index in [4.69, 9.17) is 4.42 Å². The Balaban J connectivity index is 2.12. The first-order chi connectivity index (χ1) is 12.7. The van der Waals surface area contributed by atoms with Gasteiger partial charge in [0.2, 0.25) is 0 Å². The Bertz CT molecular complexity index is 1120. The van der Waals surface area contributed by atoms with Crippen LogP contribution in [0, 0.1) is 13.8 Å². The molecule has 1 aromatic heterocycles. The van der Waals surface area contributed by atoms with Gasteiger partial charge in [-0.2, -0.15) is 4.98 Å². The molecule has 0 unspecified atom stereocenters. The number of carboxylic acid groups (broad SMARTS) is 1. The number of aromatic carboxylic acids is 1. The molecule has 1 N–H and O–H groups in total. The Morgan fingerprint density at radius 1 is 1.19 bits per heavy atom. The summed E-state index contributed by atoms with van der Waals surface area (Å²) in [4.78, 5) is 15.6. The SMILES string of the molecule is CCCN(c1nc2cc(C)ccc2o1)S(=O)(=O)c1ccc(C)c(C(=O)O)c1. The number of oxazole rings is 1. The predicted molar refractivity (Wildman–Crippen MR) is 102 cm³/mol. The summed E-state index contributed by atoms with van der Waals surface area (Å²) in [5.41, 5.74) is 2.47. The van der Waals surface area contributed by atoms with Gasteiger partial charge >= 0.3 is 12.0 Å². The van der Waals surface area contributed by atoms with Crippen molar-refractivity contribution in [3.8, 4) is 0 Å². The van der Waals surface area contributed by atoms with Gasteiger partial charge in [0.05, 0.1) is 10.5 Å². The molecule has 0 amide bonds. The van der Waals surface area contributed by atoms with Crippen LogP contribution in [0.5, 0.6) is 0 Å². The topological polar surface area (TPSA) is 101 Å². The van der Waals surface area contributed by atoms with Gasteiger partial charge in [0.25, 0.3) is 10.0 Å². The highest BCUT2D eigenvalue weighted by Gasteiger charge is 2.29. The van der Waals surface area contributed by atoms with E-state index in [1.807, 2.05) is 26.0 Å². The van der Waals surface area contributed by atoms with Crippen LogP contribution in [0.3, 0.4) is 0 Å². The van der Waals surface area contributed by atoms with Gasteiger partial charge in [-0.1, -0.05) is 19.1 Å². The Morgan fingerprint density at radius 2 is 1.93 bits per heavy atom. The standard InChI is InChI=1S/C19H20N2O5S/c1-4-9-21(19-20-16-10-12(2)5-8-17(16)26-19)27(24,25)14-7-6-13(3)15(11-14)18(22)23/h5-8,10-11H,4,9H2,1-3H3,(H,22,23). The van der Waals surface area contributed by atoms with Gasteiger partial charge < -0.3 is 9.52 Å². The second kappa shape index (κ2) is 7.03. The van der Waals surface area contributed by atoms with E-state index in [9.17, 15) is 18.3 Å². The largest absolute Gasteiger partial charge is 0.478 e. The summed E-state index contributed by atoms with van der Waals surface area (Å²) in [6.07, 6.45) is 0.536. The van der Waals surface area contributed by atoms with Crippen LogP contribution >= 0.6 is 0 Å². The number of fused-ring (bicyclic) bond motifs is 1. The fourth-order valence-corrected chi connectivity index (χ4v) is 4.24. The highest BCUT2D eigenvalue weighted by molar-refractivity contribution is 7.92. The second-order valence-corrected chi connectivity index (χ2v) is 8.19. The van der Waals surface area contributed by atoms with Crippen LogP contribution in [-0.4, -0.2) is 31.0 Å². The van der Waals surface area contributed by atoms with Crippen molar-refractivity contribution in [2.45, 2.75) is 32.1 Å². The Hall–Kier alpha value is -2.87. The lowest BCUT2D eigenvalue weighted by Gasteiger charge is -2.20. The molecule has 0 saturated carbocycles. The fourth-order valence-electron chi connectivity index (χ4n) is 2.77. The molecule has 3 rings (SSSR count). The van der Waals surface area contributed by atoms with Gasteiger partial charge in [0.15, 0.2) is 5.58 Å². The van der Waals surface area contributed by atoms with Crippen molar-refractivity contribution in [1.82, 2.24) is 4.98 Å². The molecule has 142 valence electrons. The molecule has 2 aromatic carbocycles. The molecule has 0 aliphatic rings. The third-order valence-corrected chi connectivity index (χ3v) is 5.97. The van der Waals surface area contributed by atoms with E-state index in [2.05, 4.69) is 4.98 Å². The molecular formula is C19H20N2O5S. The summed E-state index contributed by atoms with van der Waals surface area (Å²) in [6.45, 7) is 5.53. The van der Waals surface area contributed by atoms with E-state index in [0.29, 0.717) is 23.1 Å². The predicted octanol–water partition coefficient (Wildman–Crippen LogP) is 3.75. The van der Waals surface area contributed by atoms with E-state index in [1.54, 1.807) is 13.0 Å². The number of aromatic nitrogens is 1. The zero-order valence-corrected chi connectivity index (χ0v) is 16.1. The molecule has 0 atom stereocenters. The monoisotopic (exact) mass is 388 g/mol. The summed E-state index contributed by atoms with van der Waals surface area (Å²) < 4.78 is 33.1. The molecule has 8 heteroatoms. The maximum absolute atomic E-state index is 13.2. The number of carbonyl (C=O) groups is 1. The van der Waals surface area contributed by atoms with E-state index in [1.165, 1.54) is 18.2 Å². The van der Waals surface area contributed by atoms with Crippen molar-refractivity contribution in [3.05, 3.63) is 53.1 Å². The van der Waals surface area contributed by atoms with Crippen molar-refractivity contribution in [1.29, 1.82) is 0 Å². The zero-order chi connectivity index (χ0) is 19.8. The van der Waals surface area contributed by atoms with E-state index in [0.717, 1.165) is 9.87 Å². The van der Waals surface area contributed by atoms with Crippen LogP contribution in [-0.2, 0) is 10.0 Å². The molecule has 0 bridgehead atoms. The first-order valence-corrected chi connectivity index (χ1v) is 9.92. The van der Waals surface area contributed by atoms with E-state index < -0.39 is 16.0 Å². The third kappa shape index (κ3) is 3.52. The third-order valence-electron chi connectivity index (χ3n) is 4.20. The summed E-state index contributed by atoms with van der Waals surface area (Å²) >= 11 is 0. The molecule has 7 nitrogen and oxygen atoms in total. The first-order valence-electron chi connectivity index (χ1n) is 8.48. The number of rotatable bonds is 6. The van der Waals surface area contributed by atoms with Gasteiger partial charge in [0, 0.05) is 6.54 Å². The highest BCUT2D eigenvalue weighted by atomic mass is 32.2. The number of carboxylic acids is 1. The van der Waals surface area contributed by atoms with Crippen LogP contribution in [0.2, 0.25) is 0 Å². The first kappa shape index (κ1) is 18.9. The lowest BCUT2D eigenvalue weighted by atomic mass is 10.1. The zero-order valence-electron chi connectivity index (χ0n) is 15.3. The molecule has 0 spiro atoms. The summed E-state index contributed by atoms with van der Waals surface area (Å²) in [6, 6.07) is 9.43. The van der Waals surface area contributed by atoms with Crippen LogP contribution in [0.25, 0.3) is 11.1 Å². The Morgan fingerprint density at radius 3 is 2.59 bits per heavy atom. The van der Waals surface area contributed by atoms with E-state index >= 15 is 0 Å². The molecule has 27 heavy (non-hydrogen) atoms. The smallest absolute Gasteiger partial charge is 0.335 e. The van der Waals surface area contributed by atoms with Crippen LogP contribution in [0.1, 0.15) is 34.8 Å². The molecule has 0 aliphatic carbocycles. The minimum Gasteiger partial charge on any atom is -0.478 e. The van der Waals surface area contributed by atoms with Crippen molar-refractivity contribution in [2.24, 2.45) is 0 Å². The van der Waals surface area contributed by atoms with Gasteiger partial charge in [-0.3, -0.25) is 0 Å². The lowest BCUT2D eigenvalue weighted by molar-refractivity contribution is 0.0696. The average Bonchev–Trinajstić information content (AvgIpc) is 3.01. The average molecular weight is 388 g/mol. The van der Waals surface area contributed by atoms with Crippen molar-refractivity contribution >= 4 is 33.1 Å². The lowest BCUT2D eigenvalue weighted by Crippen LogP contribution is -2.32. The van der Waals surface area contributed by atoms with Crippen LogP contribution < -0.4 is 4.31 Å². The second-order valence-electron chi connectivity index (χ2n) is 6.33. The fraction of sp³-hybridized carbons (Fsp3) is 0.263. The number of aryl methyl sites for hydroxylation is 2. The number of sulfonamides is 1. The summed E-state index contributed by atoms with van der Waals surface area (Å²) in [5, 5.41) is 9.30. The van der Waals surface area contributed by atoms with Gasteiger partial charge in [-0.15, -0.1) is 0 Å². The highest BCUT2D eigenvalue weighted by Crippen LogP contribution is 2.28. The van der Waals surface area contributed by atoms with E-state index in [-0.39, 0.29) is 23.0 Å². The number of hydrogen-bond acceptors (Lipinski definition) is 5. The summed E-state index contributed by atoms with van der Waals surface area (Å²) in [5.74, 6) is -1.18. The number of nitrogens with zero attached hydrogens (tertiary/aromatic N) is 2. The minimum atomic E-state index is -4.03. The summed E-state index contributed by atoms with van der Waals surface area (Å²) in [7, 11) is -4.03. The number of benzene rings is 2. The maximum atomic E-state index is 13.2. The van der Waals surface area contributed by atoms with Crippen molar-refractivity contribution < 1.29 is 22.7 Å². The Labute approximate surface area is 157 Å². The quantitative estimate of drug-likeness (QED) is 0.690. The molecule has 0 fully saturated rings. The molecule has 1 heterocycles. The number of hydrogen-bond donors (Lipinski definition) is 1. The van der Waals surface area contributed by atoms with Gasteiger partial charge in [-0.25, -0.2) is 17.5 Å². The van der Waals surface area contributed by atoms with Crippen molar-refractivity contribution in [3.63, 3.8) is 0 Å². The molecular weight excluding hydrogens is 368 g/mol. The van der Waals surface area contributed by atoms with Crippen LogP contribution in [0.15, 0.2) is 45.7 Å². The van der Waals surface area contributed by atoms with Crippen LogP contribution in [0.4, 0.5) is 6.01 Å². The number of anilines is 1. The maximum Gasteiger partial charge on any atom is 0.335 e. The normalized spacial score (nSPS) is 11.7. The molecule has 0 radical (unpaired) electrons. The van der Waals surface area contributed by atoms with Crippen molar-refractivity contribution in [2.75, 3.05) is 10.8 Å². The molecule has 0 aliphatic heterocycles.